The van der Waals surface area contributed by atoms with E-state index < -0.39 is 0 Å². The minimum atomic E-state index is 0.00312. The van der Waals surface area contributed by atoms with Crippen molar-refractivity contribution in [2.24, 2.45) is 0 Å². The van der Waals surface area contributed by atoms with E-state index in [2.05, 4.69) is 25.3 Å². The van der Waals surface area contributed by atoms with Gasteiger partial charge in [0.05, 0.1) is 12.9 Å². The Labute approximate surface area is 121 Å². The zero-order valence-corrected chi connectivity index (χ0v) is 11.5. The fraction of sp³-hybridized carbons (Fsp3) is 0.214. The van der Waals surface area contributed by atoms with E-state index in [4.69, 9.17) is 9.84 Å². The Kier molecular flexibility index (Phi) is 3.65. The highest BCUT2D eigenvalue weighted by Crippen LogP contribution is 2.26. The minimum absolute atomic E-state index is 0.00312. The van der Waals surface area contributed by atoms with Crippen LogP contribution in [0.15, 0.2) is 30.6 Å². The molecule has 0 amide bonds. The standard InChI is InChI=1S/C14H15N5O2/c1-2-15-14-18-12-11(16-8-17-12)13(19-14)21-10-5-3-9(7-20)4-6-10/h3-6,8,20H,2,7H2,1H3,(H2,15,16,17,18,19). The Balaban J connectivity index is 1.95. The third kappa shape index (κ3) is 2.77. The number of imidazole rings is 1. The molecule has 0 spiro atoms. The molecule has 0 bridgehead atoms. The molecule has 0 atom stereocenters. The van der Waals surface area contributed by atoms with Gasteiger partial charge in [0.2, 0.25) is 5.95 Å². The number of nitrogens with zero attached hydrogens (tertiary/aromatic N) is 3. The largest absolute Gasteiger partial charge is 0.437 e. The van der Waals surface area contributed by atoms with Gasteiger partial charge in [0, 0.05) is 6.54 Å². The van der Waals surface area contributed by atoms with Crippen LogP contribution in [0.4, 0.5) is 5.95 Å². The van der Waals surface area contributed by atoms with Gasteiger partial charge in [-0.15, -0.1) is 0 Å². The molecule has 0 aliphatic heterocycles. The molecule has 0 saturated heterocycles. The van der Waals surface area contributed by atoms with Gasteiger partial charge in [-0.3, -0.25) is 0 Å². The molecule has 3 N–H and O–H groups in total. The van der Waals surface area contributed by atoms with Gasteiger partial charge in [-0.2, -0.15) is 9.97 Å². The number of H-pyrrole nitrogens is 1. The predicted molar refractivity (Wildman–Crippen MR) is 78.3 cm³/mol. The summed E-state index contributed by atoms with van der Waals surface area (Å²) in [6.45, 7) is 2.68. The van der Waals surface area contributed by atoms with Crippen LogP contribution in [-0.2, 0) is 6.61 Å². The molecular weight excluding hydrogens is 270 g/mol. The van der Waals surface area contributed by atoms with Gasteiger partial charge >= 0.3 is 0 Å². The number of nitrogens with one attached hydrogen (secondary N) is 2. The highest BCUT2D eigenvalue weighted by Gasteiger charge is 2.11. The number of benzene rings is 1. The van der Waals surface area contributed by atoms with Crippen LogP contribution in [0.25, 0.3) is 11.2 Å². The molecule has 108 valence electrons. The quantitative estimate of drug-likeness (QED) is 0.664. The molecule has 2 aromatic heterocycles. The van der Waals surface area contributed by atoms with Crippen molar-refractivity contribution in [1.29, 1.82) is 0 Å². The summed E-state index contributed by atoms with van der Waals surface area (Å²) in [7, 11) is 0. The molecule has 0 radical (unpaired) electrons. The summed E-state index contributed by atoms with van der Waals surface area (Å²) in [6, 6.07) is 7.16. The number of rotatable bonds is 5. The van der Waals surface area contributed by atoms with E-state index in [9.17, 15) is 0 Å². The first-order valence-corrected chi connectivity index (χ1v) is 6.62. The smallest absolute Gasteiger partial charge is 0.250 e. The van der Waals surface area contributed by atoms with E-state index in [0.29, 0.717) is 35.3 Å². The van der Waals surface area contributed by atoms with E-state index >= 15 is 0 Å². The van der Waals surface area contributed by atoms with Crippen LogP contribution < -0.4 is 10.1 Å². The number of ether oxygens (including phenoxy) is 1. The van der Waals surface area contributed by atoms with Crippen molar-refractivity contribution >= 4 is 17.1 Å². The van der Waals surface area contributed by atoms with Gasteiger partial charge in [-0.05, 0) is 24.6 Å². The van der Waals surface area contributed by atoms with Crippen LogP contribution in [0.1, 0.15) is 12.5 Å². The van der Waals surface area contributed by atoms with E-state index in [1.165, 1.54) is 0 Å². The number of fused-ring (bicyclic) bond motifs is 1. The van der Waals surface area contributed by atoms with Crippen LogP contribution in [0.5, 0.6) is 11.6 Å². The summed E-state index contributed by atoms with van der Waals surface area (Å²) in [5.41, 5.74) is 2.01. The lowest BCUT2D eigenvalue weighted by molar-refractivity contribution is 0.281. The normalized spacial score (nSPS) is 10.8. The maximum atomic E-state index is 9.04. The fourth-order valence-electron chi connectivity index (χ4n) is 1.89. The highest BCUT2D eigenvalue weighted by atomic mass is 16.5. The summed E-state index contributed by atoms with van der Waals surface area (Å²) >= 11 is 0. The first-order chi connectivity index (χ1) is 10.3. The van der Waals surface area contributed by atoms with Crippen molar-refractivity contribution in [3.63, 3.8) is 0 Å². The van der Waals surface area contributed by atoms with Crippen molar-refractivity contribution in [2.45, 2.75) is 13.5 Å². The summed E-state index contributed by atoms with van der Waals surface area (Å²) in [5, 5.41) is 12.1. The Hall–Kier alpha value is -2.67. The summed E-state index contributed by atoms with van der Waals surface area (Å²) < 4.78 is 5.79. The number of hydrogen-bond donors (Lipinski definition) is 3. The Morgan fingerprint density at radius 2 is 2.05 bits per heavy atom. The zero-order chi connectivity index (χ0) is 14.7. The molecule has 7 nitrogen and oxygen atoms in total. The monoisotopic (exact) mass is 285 g/mol. The van der Waals surface area contributed by atoms with Gasteiger partial charge in [-0.25, -0.2) is 4.98 Å². The third-order valence-electron chi connectivity index (χ3n) is 2.91. The number of anilines is 1. The first kappa shape index (κ1) is 13.3. The average molecular weight is 285 g/mol. The van der Waals surface area contributed by atoms with Crippen molar-refractivity contribution in [1.82, 2.24) is 19.9 Å². The van der Waals surface area contributed by atoms with Crippen LogP contribution in [0.3, 0.4) is 0 Å². The lowest BCUT2D eigenvalue weighted by Gasteiger charge is -2.08. The molecule has 0 saturated carbocycles. The number of hydrogen-bond acceptors (Lipinski definition) is 6. The number of aliphatic hydroxyl groups excluding tert-OH is 1. The lowest BCUT2D eigenvalue weighted by atomic mass is 10.2. The first-order valence-electron chi connectivity index (χ1n) is 6.62. The fourth-order valence-corrected chi connectivity index (χ4v) is 1.89. The molecular formula is C14H15N5O2. The van der Waals surface area contributed by atoms with Gasteiger partial charge in [0.15, 0.2) is 5.65 Å². The molecule has 0 unspecified atom stereocenters. The zero-order valence-electron chi connectivity index (χ0n) is 11.5. The lowest BCUT2D eigenvalue weighted by Crippen LogP contribution is -2.03. The van der Waals surface area contributed by atoms with E-state index in [1.54, 1.807) is 30.6 Å². The Bertz CT molecular complexity index is 739. The Morgan fingerprint density at radius 3 is 2.76 bits per heavy atom. The van der Waals surface area contributed by atoms with Crippen molar-refractivity contribution < 1.29 is 9.84 Å². The summed E-state index contributed by atoms with van der Waals surface area (Å²) in [6.07, 6.45) is 1.55. The van der Waals surface area contributed by atoms with Crippen LogP contribution >= 0.6 is 0 Å². The number of aromatic nitrogens is 4. The van der Waals surface area contributed by atoms with Crippen LogP contribution in [-0.4, -0.2) is 31.6 Å². The Morgan fingerprint density at radius 1 is 1.24 bits per heavy atom. The maximum absolute atomic E-state index is 9.04. The van der Waals surface area contributed by atoms with Crippen molar-refractivity contribution in [3.05, 3.63) is 36.2 Å². The topological polar surface area (TPSA) is 96.0 Å². The van der Waals surface area contributed by atoms with Crippen LogP contribution in [0.2, 0.25) is 0 Å². The summed E-state index contributed by atoms with van der Waals surface area (Å²) in [5.74, 6) is 1.51. The predicted octanol–water partition coefficient (Wildman–Crippen LogP) is 2.07. The van der Waals surface area contributed by atoms with Crippen LogP contribution in [0, 0.1) is 0 Å². The molecule has 3 rings (SSSR count). The SMILES string of the molecule is CCNc1nc(Oc2ccc(CO)cc2)c2[nH]cnc2n1. The molecule has 1 aromatic carbocycles. The van der Waals surface area contributed by atoms with E-state index in [1.807, 2.05) is 6.92 Å². The number of aliphatic hydroxyl groups is 1. The van der Waals surface area contributed by atoms with Gasteiger partial charge in [0.25, 0.3) is 5.88 Å². The average Bonchev–Trinajstić information content (AvgIpc) is 2.97. The minimum Gasteiger partial charge on any atom is -0.437 e. The molecule has 2 heterocycles. The second-order valence-electron chi connectivity index (χ2n) is 4.39. The summed E-state index contributed by atoms with van der Waals surface area (Å²) in [4.78, 5) is 15.7. The highest BCUT2D eigenvalue weighted by molar-refractivity contribution is 5.77. The second-order valence-corrected chi connectivity index (χ2v) is 4.39. The number of aromatic amines is 1. The van der Waals surface area contributed by atoms with Gasteiger partial charge < -0.3 is 20.1 Å². The maximum Gasteiger partial charge on any atom is 0.250 e. The van der Waals surface area contributed by atoms with Gasteiger partial charge in [0.1, 0.15) is 11.3 Å². The van der Waals surface area contributed by atoms with Crippen molar-refractivity contribution in [3.8, 4) is 11.6 Å². The molecule has 0 aliphatic carbocycles. The van der Waals surface area contributed by atoms with E-state index in [0.717, 1.165) is 5.56 Å². The molecule has 7 heteroatoms. The molecule has 0 aliphatic rings. The third-order valence-corrected chi connectivity index (χ3v) is 2.91. The van der Waals surface area contributed by atoms with Gasteiger partial charge in [-0.1, -0.05) is 12.1 Å². The molecule has 3 aromatic rings. The molecule has 21 heavy (non-hydrogen) atoms. The second kappa shape index (κ2) is 5.76. The molecule has 0 fully saturated rings. The van der Waals surface area contributed by atoms with Crippen molar-refractivity contribution in [2.75, 3.05) is 11.9 Å². The van der Waals surface area contributed by atoms with E-state index in [-0.39, 0.29) is 6.61 Å².